The van der Waals surface area contributed by atoms with Gasteiger partial charge in [-0.1, -0.05) is 0 Å². The van der Waals surface area contributed by atoms with Crippen LogP contribution in [-0.2, 0) is 4.74 Å². The van der Waals surface area contributed by atoms with E-state index < -0.39 is 24.5 Å². The first-order valence-electron chi connectivity index (χ1n) is 3.53. The Morgan fingerprint density at radius 2 is 2.09 bits per heavy atom. The third-order valence-corrected chi connectivity index (χ3v) is 1.80. The molecular formula is C6H13NO4. The molecule has 4 atom stereocenters. The van der Waals surface area contributed by atoms with Gasteiger partial charge in [0.15, 0.2) is 6.29 Å². The zero-order chi connectivity index (χ0) is 8.43. The van der Waals surface area contributed by atoms with Crippen LogP contribution in [0.5, 0.6) is 0 Å². The van der Waals surface area contributed by atoms with Crippen LogP contribution < -0.4 is 5.73 Å². The summed E-state index contributed by atoms with van der Waals surface area (Å²) in [7, 11) is 0. The quantitative estimate of drug-likeness (QED) is 0.351. The molecule has 0 aromatic rings. The molecule has 1 saturated heterocycles. The summed E-state index contributed by atoms with van der Waals surface area (Å²) in [6, 6.07) is -0.562. The molecule has 5 N–H and O–H groups in total. The lowest BCUT2D eigenvalue weighted by atomic mass is 10.0. The Morgan fingerprint density at radius 3 is 2.64 bits per heavy atom. The van der Waals surface area contributed by atoms with Crippen LogP contribution in [0.1, 0.15) is 6.42 Å². The number of aliphatic hydroxyl groups excluding tert-OH is 3. The van der Waals surface area contributed by atoms with Crippen molar-refractivity contribution >= 4 is 0 Å². The van der Waals surface area contributed by atoms with Crippen molar-refractivity contribution in [2.75, 3.05) is 6.61 Å². The summed E-state index contributed by atoms with van der Waals surface area (Å²) in [6.45, 7) is -0.301. The maximum atomic E-state index is 9.18. The van der Waals surface area contributed by atoms with E-state index >= 15 is 0 Å². The van der Waals surface area contributed by atoms with Crippen LogP contribution in [0.2, 0.25) is 0 Å². The molecule has 5 heteroatoms. The van der Waals surface area contributed by atoms with Crippen molar-refractivity contribution in [3.8, 4) is 0 Å². The highest BCUT2D eigenvalue weighted by Crippen LogP contribution is 2.16. The predicted octanol–water partition coefficient (Wildman–Crippen LogP) is -2.23. The van der Waals surface area contributed by atoms with E-state index in [1.807, 2.05) is 0 Å². The molecular weight excluding hydrogens is 150 g/mol. The number of ether oxygens (including phenoxy) is 1. The number of aliphatic hydroxyl groups is 3. The summed E-state index contributed by atoms with van der Waals surface area (Å²) in [5, 5.41) is 26.8. The SMILES string of the molecule is NC1CC(O)C(CO)OC1O. The summed E-state index contributed by atoms with van der Waals surface area (Å²) < 4.78 is 4.79. The highest BCUT2D eigenvalue weighted by Gasteiger charge is 2.33. The van der Waals surface area contributed by atoms with Crippen LogP contribution in [0, 0.1) is 0 Å². The first-order valence-corrected chi connectivity index (χ1v) is 3.53. The van der Waals surface area contributed by atoms with Gasteiger partial charge in [0.1, 0.15) is 6.10 Å². The topological polar surface area (TPSA) is 95.9 Å². The Balaban J connectivity index is 2.48. The van der Waals surface area contributed by atoms with Gasteiger partial charge in [0.2, 0.25) is 0 Å². The summed E-state index contributed by atoms with van der Waals surface area (Å²) in [5.74, 6) is 0. The molecule has 0 aromatic heterocycles. The van der Waals surface area contributed by atoms with Crippen molar-refractivity contribution in [2.45, 2.75) is 31.0 Å². The lowest BCUT2D eigenvalue weighted by Crippen LogP contribution is -2.52. The number of nitrogens with two attached hydrogens (primary N) is 1. The normalized spacial score (nSPS) is 45.8. The van der Waals surface area contributed by atoms with Crippen molar-refractivity contribution < 1.29 is 20.1 Å². The van der Waals surface area contributed by atoms with Crippen LogP contribution in [0.3, 0.4) is 0 Å². The van der Waals surface area contributed by atoms with Crippen molar-refractivity contribution in [2.24, 2.45) is 5.73 Å². The molecule has 1 aliphatic heterocycles. The van der Waals surface area contributed by atoms with Crippen LogP contribution in [0.15, 0.2) is 0 Å². The van der Waals surface area contributed by atoms with Crippen LogP contribution >= 0.6 is 0 Å². The Hall–Kier alpha value is -0.200. The first kappa shape index (κ1) is 8.89. The molecule has 5 nitrogen and oxygen atoms in total. The van der Waals surface area contributed by atoms with Gasteiger partial charge in [-0.2, -0.15) is 0 Å². The lowest BCUT2D eigenvalue weighted by molar-refractivity contribution is -0.216. The molecule has 0 aliphatic carbocycles. The molecule has 1 fully saturated rings. The zero-order valence-corrected chi connectivity index (χ0v) is 6.05. The molecule has 1 heterocycles. The largest absolute Gasteiger partial charge is 0.394 e. The second-order valence-electron chi connectivity index (χ2n) is 2.71. The van der Waals surface area contributed by atoms with E-state index in [1.54, 1.807) is 0 Å². The van der Waals surface area contributed by atoms with Gasteiger partial charge >= 0.3 is 0 Å². The molecule has 0 bridgehead atoms. The zero-order valence-electron chi connectivity index (χ0n) is 6.05. The third kappa shape index (κ3) is 1.88. The second kappa shape index (κ2) is 3.46. The van der Waals surface area contributed by atoms with E-state index in [2.05, 4.69) is 0 Å². The van der Waals surface area contributed by atoms with E-state index in [0.29, 0.717) is 0 Å². The summed E-state index contributed by atoms with van der Waals surface area (Å²) in [4.78, 5) is 0. The van der Waals surface area contributed by atoms with Crippen LogP contribution in [0.4, 0.5) is 0 Å². The van der Waals surface area contributed by atoms with Crippen molar-refractivity contribution in [3.05, 3.63) is 0 Å². The average Bonchev–Trinajstić information content (AvgIpc) is 1.97. The molecule has 66 valence electrons. The molecule has 0 saturated carbocycles. The minimum absolute atomic E-state index is 0.256. The van der Waals surface area contributed by atoms with E-state index in [4.69, 9.17) is 20.7 Å². The minimum atomic E-state index is -1.07. The predicted molar refractivity (Wildman–Crippen MR) is 36.6 cm³/mol. The molecule has 0 amide bonds. The Kier molecular flexibility index (Phi) is 2.80. The Labute approximate surface area is 64.4 Å². The van der Waals surface area contributed by atoms with Gasteiger partial charge < -0.3 is 25.8 Å². The molecule has 1 aliphatic rings. The number of hydrogen-bond donors (Lipinski definition) is 4. The maximum absolute atomic E-state index is 9.18. The maximum Gasteiger partial charge on any atom is 0.170 e. The van der Waals surface area contributed by atoms with E-state index in [1.165, 1.54) is 0 Å². The fraction of sp³-hybridized carbons (Fsp3) is 1.00. The fourth-order valence-electron chi connectivity index (χ4n) is 1.08. The smallest absolute Gasteiger partial charge is 0.170 e. The third-order valence-electron chi connectivity index (χ3n) is 1.80. The van der Waals surface area contributed by atoms with Gasteiger partial charge in [-0.15, -0.1) is 0 Å². The summed E-state index contributed by atoms with van der Waals surface area (Å²) >= 11 is 0. The lowest BCUT2D eigenvalue weighted by Gasteiger charge is -2.34. The van der Waals surface area contributed by atoms with E-state index in [9.17, 15) is 5.11 Å². The van der Waals surface area contributed by atoms with Crippen LogP contribution in [0.25, 0.3) is 0 Å². The van der Waals surface area contributed by atoms with Gasteiger partial charge in [-0.05, 0) is 6.42 Å². The van der Waals surface area contributed by atoms with Crippen molar-refractivity contribution in [1.82, 2.24) is 0 Å². The van der Waals surface area contributed by atoms with Gasteiger partial charge in [-0.25, -0.2) is 0 Å². The monoisotopic (exact) mass is 163 g/mol. The van der Waals surface area contributed by atoms with Crippen molar-refractivity contribution in [3.63, 3.8) is 0 Å². The summed E-state index contributed by atoms with van der Waals surface area (Å²) in [6.07, 6.45) is -2.30. The van der Waals surface area contributed by atoms with Gasteiger partial charge in [0, 0.05) is 0 Å². The van der Waals surface area contributed by atoms with Gasteiger partial charge in [0.05, 0.1) is 18.8 Å². The van der Waals surface area contributed by atoms with E-state index in [-0.39, 0.29) is 13.0 Å². The Morgan fingerprint density at radius 1 is 1.45 bits per heavy atom. The minimum Gasteiger partial charge on any atom is -0.394 e. The first-order chi connectivity index (χ1) is 5.15. The van der Waals surface area contributed by atoms with Crippen molar-refractivity contribution in [1.29, 1.82) is 0 Å². The second-order valence-corrected chi connectivity index (χ2v) is 2.71. The number of hydrogen-bond acceptors (Lipinski definition) is 5. The highest BCUT2D eigenvalue weighted by molar-refractivity contribution is 4.81. The Bertz CT molecular complexity index is 132. The highest BCUT2D eigenvalue weighted by atomic mass is 16.6. The average molecular weight is 163 g/mol. The summed E-state index contributed by atoms with van der Waals surface area (Å²) in [5.41, 5.74) is 5.37. The molecule has 0 aromatic carbocycles. The number of rotatable bonds is 1. The molecule has 4 unspecified atom stereocenters. The molecule has 1 rings (SSSR count). The van der Waals surface area contributed by atoms with Crippen LogP contribution in [-0.4, -0.2) is 46.5 Å². The molecule has 11 heavy (non-hydrogen) atoms. The van der Waals surface area contributed by atoms with Gasteiger partial charge in [-0.3, -0.25) is 0 Å². The van der Waals surface area contributed by atoms with E-state index in [0.717, 1.165) is 0 Å². The standard InChI is InChI=1S/C6H13NO4/c7-3-1-4(9)5(2-8)11-6(3)10/h3-6,8-10H,1-2,7H2. The fourth-order valence-corrected chi connectivity index (χ4v) is 1.08. The molecule has 0 radical (unpaired) electrons. The van der Waals surface area contributed by atoms with Gasteiger partial charge in [0.25, 0.3) is 0 Å². The molecule has 0 spiro atoms.